The SMILES string of the molecule is Cn1ncc(C(=O)NC23CC4CC(CC(C4)C2)C3)c1Cl.Cn1ncc(C(=O)NC23CC4CC(CC(C4)C2)C3)c1Oc1ccccc1. The third-order valence-electron chi connectivity index (χ3n) is 12.0. The molecule has 10 heteroatoms. The summed E-state index contributed by atoms with van der Waals surface area (Å²) in [6, 6.07) is 9.54. The first kappa shape index (κ1) is 30.0. The van der Waals surface area contributed by atoms with Crippen LogP contribution in [0, 0.1) is 35.5 Å². The van der Waals surface area contributed by atoms with E-state index in [2.05, 4.69) is 20.8 Å². The number of nitrogens with one attached hydrogen (secondary N) is 2. The second-order valence-corrected chi connectivity index (χ2v) is 16.0. The molecule has 2 N–H and O–H groups in total. The molecule has 0 atom stereocenters. The summed E-state index contributed by atoms with van der Waals surface area (Å²) in [5.74, 6) is 5.98. The fraction of sp³-hybridized carbons (Fsp3) is 0.611. The van der Waals surface area contributed by atoms with Crippen LogP contribution >= 0.6 is 11.6 Å². The Morgan fingerprint density at radius 3 is 1.54 bits per heavy atom. The minimum Gasteiger partial charge on any atom is -0.438 e. The van der Waals surface area contributed by atoms with Gasteiger partial charge in [-0.3, -0.25) is 14.3 Å². The van der Waals surface area contributed by atoms with Gasteiger partial charge in [0.05, 0.1) is 18.0 Å². The number of aryl methyl sites for hydroxylation is 2. The number of benzene rings is 1. The summed E-state index contributed by atoms with van der Waals surface area (Å²) >= 11 is 6.13. The lowest BCUT2D eigenvalue weighted by Gasteiger charge is -2.56. The van der Waals surface area contributed by atoms with E-state index < -0.39 is 0 Å². The quantitative estimate of drug-likeness (QED) is 0.312. The second-order valence-electron chi connectivity index (χ2n) is 15.7. The number of hydrogen-bond donors (Lipinski definition) is 2. The summed E-state index contributed by atoms with van der Waals surface area (Å²) in [5, 5.41) is 15.5. The molecule has 2 amide bonds. The molecule has 2 heterocycles. The number of nitrogens with zero attached hydrogens (tertiary/aromatic N) is 4. The van der Waals surface area contributed by atoms with Crippen molar-refractivity contribution in [3.05, 3.63) is 59.0 Å². The van der Waals surface area contributed by atoms with Crippen molar-refractivity contribution in [2.24, 2.45) is 49.6 Å². The van der Waals surface area contributed by atoms with Crippen LogP contribution in [0.15, 0.2) is 42.7 Å². The number of halogens is 1. The van der Waals surface area contributed by atoms with Gasteiger partial charge in [-0.2, -0.15) is 10.2 Å². The van der Waals surface area contributed by atoms with Gasteiger partial charge in [0.15, 0.2) is 0 Å². The van der Waals surface area contributed by atoms with Crippen molar-refractivity contribution in [3.63, 3.8) is 0 Å². The molecule has 0 saturated heterocycles. The van der Waals surface area contributed by atoms with Crippen molar-refractivity contribution in [2.45, 2.75) is 88.1 Å². The molecular weight excluding hydrogens is 600 g/mol. The Bertz CT molecular complexity index is 1560. The molecule has 3 aromatic rings. The van der Waals surface area contributed by atoms with E-state index in [0.29, 0.717) is 27.9 Å². The first-order chi connectivity index (χ1) is 22.1. The standard InChI is InChI=1S/C21H25N3O2.C15H20ClN3O/c1-24-20(26-17-5-3-2-4-6-17)18(13-22-24)19(25)23-21-10-14-7-15(11-21)9-16(8-14)12-21;1-19-13(16)12(8-17-19)14(20)18-15-5-9-2-10(6-15)4-11(3-9)7-15/h2-6,13-16H,7-12H2,1H3,(H,23,25);8-11H,2-7H2,1H3,(H,18,20). The molecule has 8 bridgehead atoms. The van der Waals surface area contributed by atoms with Crippen LogP contribution in [0.2, 0.25) is 5.15 Å². The van der Waals surface area contributed by atoms with Gasteiger partial charge in [0.25, 0.3) is 11.8 Å². The number of aromatic nitrogens is 4. The van der Waals surface area contributed by atoms with E-state index in [0.717, 1.165) is 74.0 Å². The first-order valence-electron chi connectivity index (χ1n) is 17.2. The van der Waals surface area contributed by atoms with Gasteiger partial charge in [0, 0.05) is 25.2 Å². The average Bonchev–Trinajstić information content (AvgIpc) is 3.52. The lowest BCUT2D eigenvalue weighted by Crippen LogP contribution is -2.59. The molecule has 1 aromatic carbocycles. The topological polar surface area (TPSA) is 103 Å². The Morgan fingerprint density at radius 2 is 1.11 bits per heavy atom. The van der Waals surface area contributed by atoms with Crippen LogP contribution in [-0.4, -0.2) is 42.5 Å². The summed E-state index contributed by atoms with van der Waals surface area (Å²) in [6.07, 6.45) is 18.3. The number of ether oxygens (including phenoxy) is 1. The molecule has 9 nitrogen and oxygen atoms in total. The molecule has 244 valence electrons. The highest BCUT2D eigenvalue weighted by Gasteiger charge is 2.53. The van der Waals surface area contributed by atoms with E-state index in [9.17, 15) is 9.59 Å². The molecule has 11 rings (SSSR count). The Labute approximate surface area is 275 Å². The van der Waals surface area contributed by atoms with Gasteiger partial charge in [0.1, 0.15) is 16.5 Å². The van der Waals surface area contributed by atoms with Crippen LogP contribution in [0.25, 0.3) is 0 Å². The number of hydrogen-bond acceptors (Lipinski definition) is 5. The molecule has 46 heavy (non-hydrogen) atoms. The number of rotatable bonds is 6. The molecule has 8 aliphatic rings. The van der Waals surface area contributed by atoms with Gasteiger partial charge in [-0.05, 0) is 125 Å². The van der Waals surface area contributed by atoms with Crippen LogP contribution in [0.4, 0.5) is 0 Å². The van der Waals surface area contributed by atoms with Gasteiger partial charge >= 0.3 is 0 Å². The predicted octanol–water partition coefficient (Wildman–Crippen LogP) is 6.68. The molecule has 0 spiro atoms. The highest BCUT2D eigenvalue weighted by molar-refractivity contribution is 6.32. The van der Waals surface area contributed by atoms with E-state index in [1.165, 1.54) is 43.2 Å². The van der Waals surface area contributed by atoms with E-state index in [4.69, 9.17) is 16.3 Å². The van der Waals surface area contributed by atoms with Crippen molar-refractivity contribution in [1.82, 2.24) is 30.2 Å². The minimum atomic E-state index is -0.0509. The minimum absolute atomic E-state index is 0.00824. The van der Waals surface area contributed by atoms with Gasteiger partial charge in [-0.25, -0.2) is 4.68 Å². The van der Waals surface area contributed by atoms with Gasteiger partial charge in [-0.15, -0.1) is 0 Å². The zero-order chi connectivity index (χ0) is 31.6. The predicted molar refractivity (Wildman–Crippen MR) is 175 cm³/mol. The van der Waals surface area contributed by atoms with Crippen molar-refractivity contribution < 1.29 is 14.3 Å². The molecule has 8 saturated carbocycles. The molecule has 0 unspecified atom stereocenters. The number of carbonyl (C=O) groups excluding carboxylic acids is 2. The Morgan fingerprint density at radius 1 is 0.696 bits per heavy atom. The number of carbonyl (C=O) groups is 2. The van der Waals surface area contributed by atoms with Gasteiger partial charge in [-0.1, -0.05) is 29.8 Å². The van der Waals surface area contributed by atoms with Crippen molar-refractivity contribution in [2.75, 3.05) is 0 Å². The summed E-state index contributed by atoms with van der Waals surface area (Å²) in [7, 11) is 3.56. The highest BCUT2D eigenvalue weighted by atomic mass is 35.5. The summed E-state index contributed by atoms with van der Waals surface area (Å²) in [6.45, 7) is 0. The Hall–Kier alpha value is -3.33. The van der Waals surface area contributed by atoms with Crippen LogP contribution < -0.4 is 15.4 Å². The molecular formula is C36H45ClN6O3. The lowest BCUT2D eigenvalue weighted by atomic mass is 9.53. The zero-order valence-electron chi connectivity index (χ0n) is 26.9. The van der Waals surface area contributed by atoms with Gasteiger partial charge < -0.3 is 15.4 Å². The zero-order valence-corrected chi connectivity index (χ0v) is 27.6. The van der Waals surface area contributed by atoms with E-state index in [1.807, 2.05) is 30.3 Å². The fourth-order valence-corrected chi connectivity index (χ4v) is 11.2. The maximum Gasteiger partial charge on any atom is 0.258 e. The van der Waals surface area contributed by atoms with Crippen LogP contribution in [-0.2, 0) is 14.1 Å². The average molecular weight is 645 g/mol. The number of para-hydroxylation sites is 1. The maximum atomic E-state index is 13.1. The van der Waals surface area contributed by atoms with Crippen molar-refractivity contribution >= 4 is 23.4 Å². The van der Waals surface area contributed by atoms with E-state index >= 15 is 0 Å². The number of amides is 2. The highest BCUT2D eigenvalue weighted by Crippen LogP contribution is 2.57. The molecule has 0 radical (unpaired) electrons. The largest absolute Gasteiger partial charge is 0.438 e. The Kier molecular flexibility index (Phi) is 7.46. The third kappa shape index (κ3) is 5.62. The van der Waals surface area contributed by atoms with Crippen molar-refractivity contribution in [1.29, 1.82) is 0 Å². The van der Waals surface area contributed by atoms with E-state index in [-0.39, 0.29) is 22.9 Å². The summed E-state index contributed by atoms with van der Waals surface area (Å²) in [5.41, 5.74) is 1.05. The maximum absolute atomic E-state index is 13.1. The Balaban J connectivity index is 0.000000140. The van der Waals surface area contributed by atoms with Gasteiger partial charge in [0.2, 0.25) is 5.88 Å². The smallest absolute Gasteiger partial charge is 0.258 e. The third-order valence-corrected chi connectivity index (χ3v) is 12.5. The lowest BCUT2D eigenvalue weighted by molar-refractivity contribution is -0.0171. The molecule has 8 fully saturated rings. The fourth-order valence-electron chi connectivity index (χ4n) is 11.0. The summed E-state index contributed by atoms with van der Waals surface area (Å²) in [4.78, 5) is 25.6. The molecule has 0 aliphatic heterocycles. The first-order valence-corrected chi connectivity index (χ1v) is 17.6. The second kappa shape index (κ2) is 11.4. The van der Waals surface area contributed by atoms with Crippen LogP contribution in [0.5, 0.6) is 11.6 Å². The van der Waals surface area contributed by atoms with E-state index in [1.54, 1.807) is 31.2 Å². The monoisotopic (exact) mass is 644 g/mol. The summed E-state index contributed by atoms with van der Waals surface area (Å²) < 4.78 is 9.13. The van der Waals surface area contributed by atoms with Crippen molar-refractivity contribution in [3.8, 4) is 11.6 Å². The molecule has 2 aromatic heterocycles. The van der Waals surface area contributed by atoms with Crippen LogP contribution in [0.3, 0.4) is 0 Å². The molecule has 8 aliphatic carbocycles. The van der Waals surface area contributed by atoms with Crippen LogP contribution in [0.1, 0.15) is 97.8 Å². The normalized spacial score (nSPS) is 34.6.